The maximum Gasteiger partial charge on any atom is 0.272 e. The van der Waals surface area contributed by atoms with Crippen LogP contribution in [0.4, 0.5) is 11.6 Å². The van der Waals surface area contributed by atoms with Crippen molar-refractivity contribution < 1.29 is 0 Å². The number of aromatic nitrogens is 7. The molecular weight excluding hydrogens is 387 g/mol. The van der Waals surface area contributed by atoms with Gasteiger partial charge in [0.05, 0.1) is 22.1 Å². The standard InChI is InChI=1S/C17H14Cl2N8/c1-3-14-23-17-25-24-15(9(2)27(17)26-14)13-6-7-20-16(22-13)21-12-5-4-10(18)8-11(12)19/h4-8H,3H2,1-2H3,(H,20,21,22). The molecule has 0 aliphatic heterocycles. The lowest BCUT2D eigenvalue weighted by Crippen LogP contribution is -2.05. The van der Waals surface area contributed by atoms with E-state index in [1.165, 1.54) is 0 Å². The van der Waals surface area contributed by atoms with E-state index in [9.17, 15) is 0 Å². The second kappa shape index (κ2) is 7.05. The van der Waals surface area contributed by atoms with Gasteiger partial charge in [-0.05, 0) is 31.2 Å². The third-order valence-corrected chi connectivity index (χ3v) is 4.47. The van der Waals surface area contributed by atoms with Gasteiger partial charge in [-0.25, -0.2) is 9.97 Å². The van der Waals surface area contributed by atoms with E-state index in [1.54, 1.807) is 35.0 Å². The first-order chi connectivity index (χ1) is 13.0. The van der Waals surface area contributed by atoms with E-state index in [4.69, 9.17) is 23.2 Å². The number of hydrogen-bond acceptors (Lipinski definition) is 7. The third-order valence-electron chi connectivity index (χ3n) is 3.93. The van der Waals surface area contributed by atoms with Crippen molar-refractivity contribution in [1.29, 1.82) is 0 Å². The van der Waals surface area contributed by atoms with Crippen molar-refractivity contribution in [3.8, 4) is 11.4 Å². The van der Waals surface area contributed by atoms with Crippen LogP contribution in [0.2, 0.25) is 10.0 Å². The Kier molecular flexibility index (Phi) is 4.59. The zero-order valence-corrected chi connectivity index (χ0v) is 16.0. The fourth-order valence-electron chi connectivity index (χ4n) is 2.55. The molecule has 27 heavy (non-hydrogen) atoms. The fraction of sp³-hybridized carbons (Fsp3) is 0.176. The molecule has 3 aromatic heterocycles. The van der Waals surface area contributed by atoms with Gasteiger partial charge >= 0.3 is 0 Å². The van der Waals surface area contributed by atoms with Gasteiger partial charge in [-0.15, -0.1) is 15.3 Å². The van der Waals surface area contributed by atoms with Crippen molar-refractivity contribution in [3.05, 3.63) is 52.0 Å². The van der Waals surface area contributed by atoms with E-state index in [-0.39, 0.29) is 0 Å². The van der Waals surface area contributed by atoms with Crippen molar-refractivity contribution in [1.82, 2.24) is 34.8 Å². The monoisotopic (exact) mass is 400 g/mol. The molecule has 3 heterocycles. The fourth-order valence-corrected chi connectivity index (χ4v) is 3.01. The number of halogens is 2. The largest absolute Gasteiger partial charge is 0.323 e. The minimum absolute atomic E-state index is 0.380. The zero-order chi connectivity index (χ0) is 19.0. The zero-order valence-electron chi connectivity index (χ0n) is 14.5. The summed E-state index contributed by atoms with van der Waals surface area (Å²) in [6.45, 7) is 3.89. The lowest BCUT2D eigenvalue weighted by Gasteiger charge is -2.09. The van der Waals surface area contributed by atoms with E-state index in [0.717, 1.165) is 12.1 Å². The lowest BCUT2D eigenvalue weighted by atomic mass is 10.2. The molecule has 0 atom stereocenters. The van der Waals surface area contributed by atoms with Crippen LogP contribution in [0.3, 0.4) is 0 Å². The summed E-state index contributed by atoms with van der Waals surface area (Å²) in [6, 6.07) is 6.91. The molecule has 0 saturated heterocycles. The quantitative estimate of drug-likeness (QED) is 0.554. The second-order valence-electron chi connectivity index (χ2n) is 5.74. The number of nitrogens with zero attached hydrogens (tertiary/aromatic N) is 7. The Hall–Kier alpha value is -2.84. The van der Waals surface area contributed by atoms with Crippen LogP contribution in [0.1, 0.15) is 18.4 Å². The Morgan fingerprint density at radius 3 is 2.74 bits per heavy atom. The van der Waals surface area contributed by atoms with Crippen LogP contribution in [-0.2, 0) is 6.42 Å². The summed E-state index contributed by atoms with van der Waals surface area (Å²) in [5, 5.41) is 17.0. The highest BCUT2D eigenvalue weighted by Gasteiger charge is 2.14. The van der Waals surface area contributed by atoms with Gasteiger partial charge < -0.3 is 5.32 Å². The highest BCUT2D eigenvalue weighted by Crippen LogP contribution is 2.28. The maximum atomic E-state index is 6.20. The first-order valence-corrected chi connectivity index (χ1v) is 8.95. The van der Waals surface area contributed by atoms with Gasteiger partial charge in [-0.1, -0.05) is 30.1 Å². The smallest absolute Gasteiger partial charge is 0.272 e. The minimum Gasteiger partial charge on any atom is -0.323 e. The summed E-state index contributed by atoms with van der Waals surface area (Å²) in [5.41, 5.74) is 2.66. The number of rotatable bonds is 4. The first-order valence-electron chi connectivity index (χ1n) is 8.19. The van der Waals surface area contributed by atoms with Gasteiger partial charge in [0.15, 0.2) is 5.82 Å². The van der Waals surface area contributed by atoms with E-state index in [0.29, 0.717) is 44.7 Å². The Labute approximate surface area is 164 Å². The van der Waals surface area contributed by atoms with Crippen molar-refractivity contribution in [3.63, 3.8) is 0 Å². The van der Waals surface area contributed by atoms with Gasteiger partial charge in [0.2, 0.25) is 5.95 Å². The molecule has 0 saturated carbocycles. The Bertz CT molecular complexity index is 1140. The van der Waals surface area contributed by atoms with Crippen molar-refractivity contribution in [2.75, 3.05) is 5.32 Å². The van der Waals surface area contributed by atoms with E-state index >= 15 is 0 Å². The van der Waals surface area contributed by atoms with Crippen LogP contribution in [0.15, 0.2) is 30.5 Å². The number of benzene rings is 1. The molecule has 1 aromatic carbocycles. The Balaban J connectivity index is 1.72. The molecule has 1 N–H and O–H groups in total. The number of aryl methyl sites for hydroxylation is 2. The molecule has 0 spiro atoms. The summed E-state index contributed by atoms with van der Waals surface area (Å²) in [4.78, 5) is 13.1. The molecule has 0 aliphatic rings. The molecule has 0 amide bonds. The summed E-state index contributed by atoms with van der Waals surface area (Å²) in [7, 11) is 0. The van der Waals surface area contributed by atoms with Crippen molar-refractivity contribution in [2.45, 2.75) is 20.3 Å². The minimum atomic E-state index is 0.380. The van der Waals surface area contributed by atoms with Gasteiger partial charge in [-0.3, -0.25) is 0 Å². The maximum absolute atomic E-state index is 6.20. The predicted octanol–water partition coefficient (Wildman–Crippen LogP) is 3.90. The van der Waals surface area contributed by atoms with Gasteiger partial charge in [0.1, 0.15) is 5.69 Å². The average Bonchev–Trinajstić information content (AvgIpc) is 3.09. The van der Waals surface area contributed by atoms with Crippen LogP contribution in [0.5, 0.6) is 0 Å². The highest BCUT2D eigenvalue weighted by atomic mass is 35.5. The molecule has 0 unspecified atom stereocenters. The van der Waals surface area contributed by atoms with Crippen LogP contribution in [0, 0.1) is 6.92 Å². The molecule has 4 aromatic rings. The number of nitrogens with one attached hydrogen (secondary N) is 1. The van der Waals surface area contributed by atoms with Crippen LogP contribution < -0.4 is 5.32 Å². The van der Waals surface area contributed by atoms with Crippen LogP contribution in [-0.4, -0.2) is 34.8 Å². The molecule has 0 fully saturated rings. The Morgan fingerprint density at radius 2 is 1.96 bits per heavy atom. The third kappa shape index (κ3) is 3.41. The SMILES string of the molecule is CCc1nc2nnc(-c3ccnc(Nc4ccc(Cl)cc4Cl)n3)c(C)n2n1. The molecule has 0 bridgehead atoms. The second-order valence-corrected chi connectivity index (χ2v) is 6.59. The normalized spacial score (nSPS) is 11.1. The molecule has 0 radical (unpaired) electrons. The molecular formula is C17H14Cl2N8. The number of fused-ring (bicyclic) bond motifs is 1. The average molecular weight is 401 g/mol. The van der Waals surface area contributed by atoms with Gasteiger partial charge in [0.25, 0.3) is 5.78 Å². The van der Waals surface area contributed by atoms with Crippen molar-refractivity contribution >= 4 is 40.6 Å². The molecule has 4 rings (SSSR count). The number of hydrogen-bond donors (Lipinski definition) is 1. The summed E-state index contributed by atoms with van der Waals surface area (Å²) < 4.78 is 1.67. The van der Waals surface area contributed by atoms with Crippen LogP contribution in [0.25, 0.3) is 17.2 Å². The summed E-state index contributed by atoms with van der Waals surface area (Å²) in [6.07, 6.45) is 2.36. The van der Waals surface area contributed by atoms with E-state index in [2.05, 4.69) is 35.6 Å². The predicted molar refractivity (Wildman–Crippen MR) is 103 cm³/mol. The summed E-state index contributed by atoms with van der Waals surface area (Å²) in [5.74, 6) is 1.56. The lowest BCUT2D eigenvalue weighted by molar-refractivity contribution is 0.827. The van der Waals surface area contributed by atoms with Gasteiger partial charge in [-0.2, -0.15) is 9.50 Å². The molecule has 10 heteroatoms. The first kappa shape index (κ1) is 17.6. The van der Waals surface area contributed by atoms with Crippen molar-refractivity contribution in [2.24, 2.45) is 0 Å². The van der Waals surface area contributed by atoms with Crippen LogP contribution >= 0.6 is 23.2 Å². The topological polar surface area (TPSA) is 93.8 Å². The summed E-state index contributed by atoms with van der Waals surface area (Å²) >= 11 is 12.1. The number of anilines is 2. The molecule has 136 valence electrons. The molecule has 0 aliphatic carbocycles. The highest BCUT2D eigenvalue weighted by molar-refractivity contribution is 6.36. The Morgan fingerprint density at radius 1 is 1.11 bits per heavy atom. The van der Waals surface area contributed by atoms with E-state index < -0.39 is 0 Å². The van der Waals surface area contributed by atoms with E-state index in [1.807, 2.05) is 13.8 Å². The molecule has 8 nitrogen and oxygen atoms in total. The van der Waals surface area contributed by atoms with Gasteiger partial charge in [0, 0.05) is 17.6 Å².